The molecule has 0 unspecified atom stereocenters. The maximum atomic E-state index is 12.3. The van der Waals surface area contributed by atoms with Crippen LogP contribution in [0.25, 0.3) is 0 Å². The Morgan fingerprint density at radius 2 is 2.09 bits per heavy atom. The second-order valence-corrected chi connectivity index (χ2v) is 4.23. The van der Waals surface area contributed by atoms with Crippen molar-refractivity contribution in [2.75, 3.05) is 5.32 Å². The average molecular weight is 442 g/mol. The molecule has 11 heteroatoms. The van der Waals surface area contributed by atoms with Gasteiger partial charge in [-0.3, -0.25) is 0 Å². The van der Waals surface area contributed by atoms with Crippen LogP contribution >= 0.6 is 24.0 Å². The first kappa shape index (κ1) is 19.0. The van der Waals surface area contributed by atoms with Crippen molar-refractivity contribution >= 4 is 35.6 Å². The molecule has 126 valence electrons. The zero-order valence-electron chi connectivity index (χ0n) is 11.9. The van der Waals surface area contributed by atoms with Gasteiger partial charge in [0, 0.05) is 7.05 Å². The Morgan fingerprint density at radius 1 is 1.39 bits per heavy atom. The summed E-state index contributed by atoms with van der Waals surface area (Å²) in [6.07, 6.45) is -3.29. The van der Waals surface area contributed by atoms with Crippen LogP contribution in [0, 0.1) is 0 Å². The first-order valence-electron chi connectivity index (χ1n) is 6.10. The van der Waals surface area contributed by atoms with Crippen molar-refractivity contribution in [1.29, 1.82) is 0 Å². The lowest BCUT2D eigenvalue weighted by Crippen LogP contribution is -2.24. The Bertz CT molecular complexity index is 673. The summed E-state index contributed by atoms with van der Waals surface area (Å²) in [5.41, 5.74) is 5.70. The number of nitrogens with two attached hydrogens (primary N) is 1. The smallest absolute Gasteiger partial charge is 0.404 e. The first-order valence-corrected chi connectivity index (χ1v) is 6.10. The highest BCUT2D eigenvalue weighted by Gasteiger charge is 2.32. The SMILES string of the molecule is Cn1cnnc1CN=C(N)Nc1ccccc1OC(F)(F)F.I. The Hall–Kier alpha value is -2.05. The van der Waals surface area contributed by atoms with E-state index in [9.17, 15) is 13.2 Å². The van der Waals surface area contributed by atoms with E-state index < -0.39 is 12.1 Å². The number of aromatic nitrogens is 3. The monoisotopic (exact) mass is 442 g/mol. The molecule has 1 heterocycles. The Balaban J connectivity index is 0.00000264. The third-order valence-electron chi connectivity index (χ3n) is 2.57. The van der Waals surface area contributed by atoms with Gasteiger partial charge in [0.15, 0.2) is 17.5 Å². The van der Waals surface area contributed by atoms with Gasteiger partial charge in [0.2, 0.25) is 0 Å². The summed E-state index contributed by atoms with van der Waals surface area (Å²) in [7, 11) is 1.74. The lowest BCUT2D eigenvalue weighted by molar-refractivity contribution is -0.274. The molecule has 0 spiro atoms. The Morgan fingerprint density at radius 3 is 2.70 bits per heavy atom. The van der Waals surface area contributed by atoms with Gasteiger partial charge in [-0.25, -0.2) is 4.99 Å². The highest BCUT2D eigenvalue weighted by Crippen LogP contribution is 2.29. The molecule has 2 rings (SSSR count). The highest BCUT2D eigenvalue weighted by atomic mass is 127. The number of para-hydroxylation sites is 2. The third-order valence-corrected chi connectivity index (χ3v) is 2.57. The number of aliphatic imine (C=N–C) groups is 1. The lowest BCUT2D eigenvalue weighted by Gasteiger charge is -2.14. The van der Waals surface area contributed by atoms with Gasteiger partial charge in [-0.15, -0.1) is 47.3 Å². The molecule has 3 N–H and O–H groups in total. The molecule has 1 aromatic heterocycles. The first-order chi connectivity index (χ1) is 10.3. The van der Waals surface area contributed by atoms with Gasteiger partial charge in [0.25, 0.3) is 0 Å². The predicted molar refractivity (Wildman–Crippen MR) is 88.5 cm³/mol. The number of nitrogens with one attached hydrogen (secondary N) is 1. The van der Waals surface area contributed by atoms with Crippen LogP contribution in [-0.4, -0.2) is 27.1 Å². The Kier molecular flexibility index (Phi) is 6.60. The number of anilines is 1. The van der Waals surface area contributed by atoms with Crippen molar-refractivity contribution in [2.45, 2.75) is 12.9 Å². The van der Waals surface area contributed by atoms with Crippen molar-refractivity contribution in [3.8, 4) is 5.75 Å². The maximum Gasteiger partial charge on any atom is 0.573 e. The van der Waals surface area contributed by atoms with Gasteiger partial charge in [-0.05, 0) is 12.1 Å². The summed E-state index contributed by atoms with van der Waals surface area (Å²) in [4.78, 5) is 3.98. The second-order valence-electron chi connectivity index (χ2n) is 4.23. The van der Waals surface area contributed by atoms with Crippen LogP contribution in [0.4, 0.5) is 18.9 Å². The molecule has 23 heavy (non-hydrogen) atoms. The number of ether oxygens (including phenoxy) is 1. The number of guanidine groups is 1. The van der Waals surface area contributed by atoms with Crippen molar-refractivity contribution in [2.24, 2.45) is 17.8 Å². The van der Waals surface area contributed by atoms with Gasteiger partial charge < -0.3 is 20.4 Å². The summed E-state index contributed by atoms with van der Waals surface area (Å²) in [5, 5.41) is 10.0. The molecule has 0 radical (unpaired) electrons. The van der Waals surface area contributed by atoms with E-state index >= 15 is 0 Å². The number of benzene rings is 1. The number of aryl methyl sites for hydroxylation is 1. The second kappa shape index (κ2) is 7.99. The molecule has 1 aromatic carbocycles. The molecule has 0 fully saturated rings. The van der Waals surface area contributed by atoms with E-state index in [1.807, 2.05) is 0 Å². The topological polar surface area (TPSA) is 90.4 Å². The lowest BCUT2D eigenvalue weighted by atomic mass is 10.3. The molecule has 0 bridgehead atoms. The van der Waals surface area contributed by atoms with Crippen LogP contribution in [0.5, 0.6) is 5.75 Å². The molecule has 0 aliphatic heterocycles. The van der Waals surface area contributed by atoms with Gasteiger partial charge in [-0.1, -0.05) is 12.1 Å². The number of hydrogen-bond acceptors (Lipinski definition) is 4. The minimum Gasteiger partial charge on any atom is -0.404 e. The van der Waals surface area contributed by atoms with Crippen LogP contribution in [-0.2, 0) is 13.6 Å². The van der Waals surface area contributed by atoms with E-state index in [1.165, 1.54) is 24.5 Å². The van der Waals surface area contributed by atoms with Crippen LogP contribution in [0.3, 0.4) is 0 Å². The Labute approximate surface area is 146 Å². The maximum absolute atomic E-state index is 12.3. The zero-order chi connectivity index (χ0) is 16.2. The van der Waals surface area contributed by atoms with Crippen LogP contribution in [0.15, 0.2) is 35.6 Å². The van der Waals surface area contributed by atoms with E-state index in [2.05, 4.69) is 25.2 Å². The largest absolute Gasteiger partial charge is 0.573 e. The van der Waals surface area contributed by atoms with Crippen LogP contribution < -0.4 is 15.8 Å². The fourth-order valence-electron chi connectivity index (χ4n) is 1.57. The summed E-state index contributed by atoms with van der Waals surface area (Å²) in [6, 6.07) is 5.53. The number of hydrogen-bond donors (Lipinski definition) is 2. The molecule has 0 aliphatic rings. The fourth-order valence-corrected chi connectivity index (χ4v) is 1.57. The van der Waals surface area contributed by atoms with E-state index in [-0.39, 0.29) is 42.2 Å². The quantitative estimate of drug-likeness (QED) is 0.431. The van der Waals surface area contributed by atoms with Gasteiger partial charge in [-0.2, -0.15) is 0 Å². The number of halogens is 4. The third kappa shape index (κ3) is 5.92. The molecule has 2 aromatic rings. The van der Waals surface area contributed by atoms with E-state index in [0.29, 0.717) is 5.82 Å². The van der Waals surface area contributed by atoms with Crippen molar-refractivity contribution in [3.05, 3.63) is 36.4 Å². The molecule has 0 atom stereocenters. The van der Waals surface area contributed by atoms with E-state index in [1.54, 1.807) is 17.7 Å². The van der Waals surface area contributed by atoms with Gasteiger partial charge >= 0.3 is 6.36 Å². The zero-order valence-corrected chi connectivity index (χ0v) is 14.2. The summed E-state index contributed by atoms with van der Waals surface area (Å²) in [5.74, 6) is 0.0950. The molecule has 7 nitrogen and oxygen atoms in total. The summed E-state index contributed by atoms with van der Waals surface area (Å²) >= 11 is 0. The molecule has 0 saturated carbocycles. The van der Waals surface area contributed by atoms with Crippen LogP contribution in [0.2, 0.25) is 0 Å². The normalized spacial score (nSPS) is 11.7. The minimum atomic E-state index is -4.79. The van der Waals surface area contributed by atoms with Crippen molar-refractivity contribution in [3.63, 3.8) is 0 Å². The van der Waals surface area contributed by atoms with Gasteiger partial charge in [0.1, 0.15) is 12.9 Å². The fraction of sp³-hybridized carbons (Fsp3) is 0.250. The molecular formula is C12H14F3IN6O. The van der Waals surface area contributed by atoms with E-state index in [4.69, 9.17) is 5.73 Å². The summed E-state index contributed by atoms with van der Waals surface area (Å²) < 4.78 is 42.5. The van der Waals surface area contributed by atoms with E-state index in [0.717, 1.165) is 0 Å². The molecular weight excluding hydrogens is 428 g/mol. The molecule has 0 saturated heterocycles. The number of alkyl halides is 3. The van der Waals surface area contributed by atoms with Crippen molar-refractivity contribution in [1.82, 2.24) is 14.8 Å². The summed E-state index contributed by atoms with van der Waals surface area (Å²) in [6.45, 7) is 0.137. The van der Waals surface area contributed by atoms with Crippen LogP contribution in [0.1, 0.15) is 5.82 Å². The van der Waals surface area contributed by atoms with Gasteiger partial charge in [0.05, 0.1) is 5.69 Å². The molecule has 0 aliphatic carbocycles. The molecule has 0 amide bonds. The van der Waals surface area contributed by atoms with Crippen molar-refractivity contribution < 1.29 is 17.9 Å². The predicted octanol–water partition coefficient (Wildman–Crippen LogP) is 2.26. The highest BCUT2D eigenvalue weighted by molar-refractivity contribution is 14.0. The standard InChI is InChI=1S/C12H13F3N6O.HI/c1-21-7-18-20-10(21)6-17-11(16)19-8-4-2-3-5-9(8)22-12(13,14)15;/h2-5,7H,6H2,1H3,(H3,16,17,19);1H. The average Bonchev–Trinajstić information content (AvgIpc) is 2.83. The number of nitrogens with zero attached hydrogens (tertiary/aromatic N) is 4. The minimum absolute atomic E-state index is 0. The number of rotatable bonds is 4.